The molecule has 2 rings (SSSR count). The van der Waals surface area contributed by atoms with E-state index < -0.39 is 0 Å². The molecule has 1 aromatic heterocycles. The summed E-state index contributed by atoms with van der Waals surface area (Å²) in [6.07, 6.45) is 0.558. The second-order valence-electron chi connectivity index (χ2n) is 5.40. The molecule has 0 aliphatic carbocycles. The number of likely N-dealkylation sites (N-methyl/N-ethyl adjacent to an activating group) is 1. The van der Waals surface area contributed by atoms with Crippen LogP contribution in [0.2, 0.25) is 4.34 Å². The second kappa shape index (κ2) is 6.52. The van der Waals surface area contributed by atoms with Gasteiger partial charge >= 0.3 is 0 Å². The summed E-state index contributed by atoms with van der Waals surface area (Å²) in [5.41, 5.74) is 5.96. The van der Waals surface area contributed by atoms with Crippen LogP contribution in [0, 0.1) is 0 Å². The highest BCUT2D eigenvalue weighted by atomic mass is 35.5. The average Bonchev–Trinajstić information content (AvgIpc) is 2.87. The zero-order valence-electron chi connectivity index (χ0n) is 11.4. The van der Waals surface area contributed by atoms with E-state index in [-0.39, 0.29) is 12.1 Å². The van der Waals surface area contributed by atoms with Gasteiger partial charge in [0.05, 0.1) is 16.5 Å². The SMILES string of the molecule is CN(C)CC1CC(O)CN1C(CN)c1ccc(Cl)s1. The van der Waals surface area contributed by atoms with Crippen molar-refractivity contribution in [2.75, 3.05) is 33.7 Å². The molecule has 19 heavy (non-hydrogen) atoms. The maximum atomic E-state index is 9.96. The fourth-order valence-corrected chi connectivity index (χ4v) is 4.02. The Morgan fingerprint density at radius 2 is 2.32 bits per heavy atom. The Hall–Kier alpha value is -0.170. The smallest absolute Gasteiger partial charge is 0.0931 e. The first-order valence-corrected chi connectivity index (χ1v) is 7.74. The monoisotopic (exact) mass is 303 g/mol. The Balaban J connectivity index is 2.16. The third-order valence-electron chi connectivity index (χ3n) is 3.56. The first kappa shape index (κ1) is 15.2. The van der Waals surface area contributed by atoms with E-state index in [0.717, 1.165) is 17.3 Å². The first-order chi connectivity index (χ1) is 9.01. The Morgan fingerprint density at radius 1 is 1.58 bits per heavy atom. The third kappa shape index (κ3) is 3.68. The number of hydrogen-bond acceptors (Lipinski definition) is 5. The van der Waals surface area contributed by atoms with Crippen molar-refractivity contribution in [3.63, 3.8) is 0 Å². The van der Waals surface area contributed by atoms with E-state index in [4.69, 9.17) is 17.3 Å². The van der Waals surface area contributed by atoms with Crippen molar-refractivity contribution in [2.24, 2.45) is 5.73 Å². The molecule has 1 fully saturated rings. The molecule has 0 spiro atoms. The van der Waals surface area contributed by atoms with Crippen LogP contribution in [0.3, 0.4) is 0 Å². The molecule has 4 nitrogen and oxygen atoms in total. The summed E-state index contributed by atoms with van der Waals surface area (Å²) in [5, 5.41) is 9.96. The van der Waals surface area contributed by atoms with Gasteiger partial charge in [-0.05, 0) is 32.6 Å². The summed E-state index contributed by atoms with van der Waals surface area (Å²) in [7, 11) is 4.12. The minimum absolute atomic E-state index is 0.152. The predicted molar refractivity (Wildman–Crippen MR) is 80.8 cm³/mol. The highest BCUT2D eigenvalue weighted by Gasteiger charge is 2.36. The molecule has 2 heterocycles. The molecule has 3 N–H and O–H groups in total. The lowest BCUT2D eigenvalue weighted by atomic mass is 10.1. The van der Waals surface area contributed by atoms with Crippen LogP contribution >= 0.6 is 22.9 Å². The number of likely N-dealkylation sites (tertiary alicyclic amines) is 1. The fourth-order valence-electron chi connectivity index (χ4n) is 2.82. The topological polar surface area (TPSA) is 52.7 Å². The second-order valence-corrected chi connectivity index (χ2v) is 7.14. The largest absolute Gasteiger partial charge is 0.392 e. The summed E-state index contributed by atoms with van der Waals surface area (Å²) < 4.78 is 0.789. The van der Waals surface area contributed by atoms with Gasteiger partial charge in [-0.25, -0.2) is 0 Å². The molecule has 1 saturated heterocycles. The Morgan fingerprint density at radius 3 is 2.84 bits per heavy atom. The van der Waals surface area contributed by atoms with Gasteiger partial charge in [0.1, 0.15) is 0 Å². The van der Waals surface area contributed by atoms with Crippen LogP contribution in [0.5, 0.6) is 0 Å². The molecule has 0 aromatic carbocycles. The molecule has 6 heteroatoms. The molecule has 0 amide bonds. The molecule has 1 aliphatic rings. The minimum Gasteiger partial charge on any atom is -0.392 e. The highest BCUT2D eigenvalue weighted by Crippen LogP contribution is 2.34. The van der Waals surface area contributed by atoms with Crippen molar-refractivity contribution in [2.45, 2.75) is 24.6 Å². The van der Waals surface area contributed by atoms with Gasteiger partial charge in [-0.2, -0.15) is 0 Å². The van der Waals surface area contributed by atoms with E-state index in [1.165, 1.54) is 4.88 Å². The molecule has 0 radical (unpaired) electrons. The van der Waals surface area contributed by atoms with E-state index in [9.17, 15) is 5.11 Å². The zero-order valence-corrected chi connectivity index (χ0v) is 13.0. The van der Waals surface area contributed by atoms with Crippen LogP contribution in [-0.2, 0) is 0 Å². The van der Waals surface area contributed by atoms with Gasteiger partial charge in [-0.15, -0.1) is 11.3 Å². The van der Waals surface area contributed by atoms with Gasteiger partial charge in [0, 0.05) is 30.6 Å². The van der Waals surface area contributed by atoms with Crippen molar-refractivity contribution in [3.05, 3.63) is 21.3 Å². The number of nitrogens with zero attached hydrogens (tertiary/aromatic N) is 2. The van der Waals surface area contributed by atoms with E-state index in [1.807, 2.05) is 12.1 Å². The van der Waals surface area contributed by atoms with Gasteiger partial charge in [-0.3, -0.25) is 4.90 Å². The number of hydrogen-bond donors (Lipinski definition) is 2. The molecule has 108 valence electrons. The standard InChI is InChI=1S/C13H22ClN3OS/c1-16(2)7-9-5-10(18)8-17(9)11(6-15)12-3-4-13(14)19-12/h3-4,9-11,18H,5-8,15H2,1-2H3. The Bertz CT molecular complexity index is 412. The third-order valence-corrected chi connectivity index (χ3v) is 4.89. The highest BCUT2D eigenvalue weighted by molar-refractivity contribution is 7.16. The average molecular weight is 304 g/mol. The van der Waals surface area contributed by atoms with E-state index in [1.54, 1.807) is 11.3 Å². The van der Waals surface area contributed by atoms with Gasteiger partial charge in [-0.1, -0.05) is 11.6 Å². The van der Waals surface area contributed by atoms with Gasteiger partial charge < -0.3 is 15.7 Å². The normalized spacial score (nSPS) is 26.2. The molecule has 3 unspecified atom stereocenters. The summed E-state index contributed by atoms with van der Waals surface area (Å²) >= 11 is 7.60. The summed E-state index contributed by atoms with van der Waals surface area (Å²) in [4.78, 5) is 5.67. The summed E-state index contributed by atoms with van der Waals surface area (Å²) in [6.45, 7) is 2.18. The lowest BCUT2D eigenvalue weighted by molar-refractivity contribution is 0.140. The number of nitrogens with two attached hydrogens (primary N) is 1. The summed E-state index contributed by atoms with van der Waals surface area (Å²) in [5.74, 6) is 0. The van der Waals surface area contributed by atoms with Crippen molar-refractivity contribution in [1.29, 1.82) is 0 Å². The number of β-amino-alcohol motifs (C(OH)–C–C–N with tert-alkyl or cyclic N) is 1. The van der Waals surface area contributed by atoms with Gasteiger partial charge in [0.25, 0.3) is 0 Å². The molecule has 1 aliphatic heterocycles. The van der Waals surface area contributed by atoms with Crippen LogP contribution in [0.4, 0.5) is 0 Å². The van der Waals surface area contributed by atoms with E-state index in [2.05, 4.69) is 23.9 Å². The van der Waals surface area contributed by atoms with Crippen LogP contribution < -0.4 is 5.73 Å². The number of aliphatic hydroxyl groups is 1. The quantitative estimate of drug-likeness (QED) is 0.863. The molecule has 0 saturated carbocycles. The lowest BCUT2D eigenvalue weighted by Gasteiger charge is -2.33. The summed E-state index contributed by atoms with van der Waals surface area (Å²) in [6, 6.07) is 4.46. The van der Waals surface area contributed by atoms with Crippen molar-refractivity contribution >= 4 is 22.9 Å². The number of thiophene rings is 1. The van der Waals surface area contributed by atoms with Crippen molar-refractivity contribution in [1.82, 2.24) is 9.80 Å². The van der Waals surface area contributed by atoms with Gasteiger partial charge in [0.15, 0.2) is 0 Å². The van der Waals surface area contributed by atoms with Crippen LogP contribution in [0.1, 0.15) is 17.3 Å². The Labute approximate surface area is 123 Å². The van der Waals surface area contributed by atoms with Gasteiger partial charge in [0.2, 0.25) is 0 Å². The molecular weight excluding hydrogens is 282 g/mol. The number of halogens is 1. The van der Waals surface area contributed by atoms with Crippen LogP contribution in [0.25, 0.3) is 0 Å². The Kier molecular flexibility index (Phi) is 5.22. The number of aliphatic hydroxyl groups excluding tert-OH is 1. The van der Waals surface area contributed by atoms with Crippen LogP contribution in [0.15, 0.2) is 12.1 Å². The molecule has 0 bridgehead atoms. The predicted octanol–water partition coefficient (Wildman–Crippen LogP) is 1.40. The molecule has 3 atom stereocenters. The van der Waals surface area contributed by atoms with Crippen molar-refractivity contribution in [3.8, 4) is 0 Å². The van der Waals surface area contributed by atoms with Crippen LogP contribution in [-0.4, -0.2) is 60.8 Å². The minimum atomic E-state index is -0.255. The molecule has 1 aromatic rings. The maximum absolute atomic E-state index is 9.96. The van der Waals surface area contributed by atoms with Crippen molar-refractivity contribution < 1.29 is 5.11 Å². The first-order valence-electron chi connectivity index (χ1n) is 6.55. The lowest BCUT2D eigenvalue weighted by Crippen LogP contribution is -2.42. The zero-order chi connectivity index (χ0) is 14.0. The molecular formula is C13H22ClN3OS. The maximum Gasteiger partial charge on any atom is 0.0931 e. The number of rotatable bonds is 5. The van der Waals surface area contributed by atoms with E-state index in [0.29, 0.717) is 19.1 Å². The fraction of sp³-hybridized carbons (Fsp3) is 0.692. The van der Waals surface area contributed by atoms with E-state index >= 15 is 0 Å².